The first-order valence-corrected chi connectivity index (χ1v) is 7.90. The molecule has 1 saturated heterocycles. The van der Waals surface area contributed by atoms with E-state index < -0.39 is 0 Å². The SMILES string of the molecule is CSc1ccsc1C(=O)N1CC(CN)CC1C.Cl. The molecule has 102 valence electrons. The summed E-state index contributed by atoms with van der Waals surface area (Å²) in [5, 5.41) is 1.99. The second kappa shape index (κ2) is 6.80. The van der Waals surface area contributed by atoms with Gasteiger partial charge >= 0.3 is 0 Å². The number of halogens is 1. The number of amides is 1. The smallest absolute Gasteiger partial charge is 0.265 e. The summed E-state index contributed by atoms with van der Waals surface area (Å²) >= 11 is 3.17. The van der Waals surface area contributed by atoms with Crippen LogP contribution < -0.4 is 5.73 Å². The maximum atomic E-state index is 12.4. The van der Waals surface area contributed by atoms with Crippen molar-refractivity contribution in [2.45, 2.75) is 24.3 Å². The van der Waals surface area contributed by atoms with Crippen molar-refractivity contribution in [3.63, 3.8) is 0 Å². The van der Waals surface area contributed by atoms with Crippen LogP contribution >= 0.6 is 35.5 Å². The van der Waals surface area contributed by atoms with Crippen LogP contribution in [0.5, 0.6) is 0 Å². The van der Waals surface area contributed by atoms with Gasteiger partial charge in [0.15, 0.2) is 0 Å². The summed E-state index contributed by atoms with van der Waals surface area (Å²) in [4.78, 5) is 16.4. The van der Waals surface area contributed by atoms with Gasteiger partial charge in [0.2, 0.25) is 0 Å². The largest absolute Gasteiger partial charge is 0.335 e. The van der Waals surface area contributed by atoms with Gasteiger partial charge in [-0.15, -0.1) is 35.5 Å². The maximum Gasteiger partial charge on any atom is 0.265 e. The highest BCUT2D eigenvalue weighted by atomic mass is 35.5. The van der Waals surface area contributed by atoms with E-state index in [9.17, 15) is 4.79 Å². The Morgan fingerprint density at radius 1 is 1.67 bits per heavy atom. The predicted octanol–water partition coefficient (Wildman–Crippen LogP) is 2.70. The van der Waals surface area contributed by atoms with Gasteiger partial charge < -0.3 is 10.6 Å². The van der Waals surface area contributed by atoms with Crippen molar-refractivity contribution >= 4 is 41.4 Å². The number of hydrogen-bond donors (Lipinski definition) is 1. The fourth-order valence-electron chi connectivity index (χ4n) is 2.34. The van der Waals surface area contributed by atoms with Crippen molar-refractivity contribution in [3.8, 4) is 0 Å². The fourth-order valence-corrected chi connectivity index (χ4v) is 4.04. The minimum Gasteiger partial charge on any atom is -0.335 e. The molecule has 0 radical (unpaired) electrons. The molecule has 1 amide bonds. The minimum absolute atomic E-state index is 0. The van der Waals surface area contributed by atoms with E-state index in [4.69, 9.17) is 5.73 Å². The van der Waals surface area contributed by atoms with E-state index in [1.54, 1.807) is 11.8 Å². The number of likely N-dealkylation sites (tertiary alicyclic amines) is 1. The van der Waals surface area contributed by atoms with Crippen LogP contribution in [0.2, 0.25) is 0 Å². The first-order chi connectivity index (χ1) is 8.17. The number of nitrogens with two attached hydrogens (primary N) is 1. The molecule has 0 aromatic carbocycles. The summed E-state index contributed by atoms with van der Waals surface area (Å²) in [6.07, 6.45) is 3.04. The van der Waals surface area contributed by atoms with Gasteiger partial charge in [-0.05, 0) is 43.5 Å². The average molecular weight is 307 g/mol. The number of nitrogens with zero attached hydrogens (tertiary/aromatic N) is 1. The molecular weight excluding hydrogens is 288 g/mol. The Morgan fingerprint density at radius 3 is 2.94 bits per heavy atom. The molecule has 2 rings (SSSR count). The molecule has 0 bridgehead atoms. The second-order valence-corrected chi connectivity index (χ2v) is 6.23. The third-order valence-corrected chi connectivity index (χ3v) is 5.11. The number of hydrogen-bond acceptors (Lipinski definition) is 4. The molecule has 1 aromatic rings. The number of thioether (sulfide) groups is 1. The first kappa shape index (κ1) is 15.8. The van der Waals surface area contributed by atoms with Crippen LogP contribution in [0.3, 0.4) is 0 Å². The summed E-state index contributed by atoms with van der Waals surface area (Å²) < 4.78 is 0. The van der Waals surface area contributed by atoms with Gasteiger partial charge in [0, 0.05) is 17.5 Å². The quantitative estimate of drug-likeness (QED) is 0.873. The van der Waals surface area contributed by atoms with Gasteiger partial charge in [-0.3, -0.25) is 4.79 Å². The van der Waals surface area contributed by atoms with Crippen molar-refractivity contribution in [3.05, 3.63) is 16.3 Å². The van der Waals surface area contributed by atoms with Gasteiger partial charge in [-0.2, -0.15) is 0 Å². The van der Waals surface area contributed by atoms with E-state index in [-0.39, 0.29) is 18.3 Å². The Morgan fingerprint density at radius 2 is 2.39 bits per heavy atom. The molecule has 0 saturated carbocycles. The zero-order chi connectivity index (χ0) is 12.4. The third-order valence-electron chi connectivity index (χ3n) is 3.30. The summed E-state index contributed by atoms with van der Waals surface area (Å²) in [5.41, 5.74) is 5.69. The number of rotatable bonds is 3. The molecule has 1 aromatic heterocycles. The standard InChI is InChI=1S/C12H18N2OS2.ClH/c1-8-5-9(6-13)7-14(8)12(15)11-10(16-2)3-4-17-11;/h3-4,8-9H,5-7,13H2,1-2H3;1H. The first-order valence-electron chi connectivity index (χ1n) is 5.79. The van der Waals surface area contributed by atoms with Crippen molar-refractivity contribution < 1.29 is 4.79 Å². The van der Waals surface area contributed by atoms with E-state index in [0.717, 1.165) is 22.7 Å². The second-order valence-electron chi connectivity index (χ2n) is 4.46. The van der Waals surface area contributed by atoms with Gasteiger partial charge in [0.1, 0.15) is 4.88 Å². The Hall–Kier alpha value is -0.230. The van der Waals surface area contributed by atoms with Crippen molar-refractivity contribution in [1.82, 2.24) is 4.90 Å². The highest BCUT2D eigenvalue weighted by Crippen LogP contribution is 2.30. The van der Waals surface area contributed by atoms with E-state index in [2.05, 4.69) is 6.92 Å². The zero-order valence-corrected chi connectivity index (χ0v) is 13.0. The van der Waals surface area contributed by atoms with Crippen LogP contribution in [0.25, 0.3) is 0 Å². The van der Waals surface area contributed by atoms with Crippen molar-refractivity contribution in [2.24, 2.45) is 11.7 Å². The van der Waals surface area contributed by atoms with Crippen LogP contribution in [0.15, 0.2) is 16.3 Å². The lowest BCUT2D eigenvalue weighted by Gasteiger charge is -2.21. The Balaban J connectivity index is 0.00000162. The number of carbonyl (C=O) groups excluding carboxylic acids is 1. The molecule has 2 heterocycles. The molecule has 2 unspecified atom stereocenters. The number of thiophene rings is 1. The summed E-state index contributed by atoms with van der Waals surface area (Å²) in [7, 11) is 0. The Bertz CT molecular complexity index is 411. The van der Waals surface area contributed by atoms with Crippen LogP contribution in [-0.2, 0) is 0 Å². The third kappa shape index (κ3) is 3.02. The van der Waals surface area contributed by atoms with Crippen LogP contribution in [-0.4, -0.2) is 36.2 Å². The minimum atomic E-state index is 0. The normalized spacial score (nSPS) is 22.9. The average Bonchev–Trinajstić information content (AvgIpc) is 2.93. The summed E-state index contributed by atoms with van der Waals surface area (Å²) in [6, 6.07) is 2.33. The summed E-state index contributed by atoms with van der Waals surface area (Å²) in [6.45, 7) is 3.59. The monoisotopic (exact) mass is 306 g/mol. The zero-order valence-electron chi connectivity index (χ0n) is 10.6. The molecule has 2 N–H and O–H groups in total. The molecule has 1 fully saturated rings. The van der Waals surface area contributed by atoms with Crippen molar-refractivity contribution in [1.29, 1.82) is 0 Å². The molecule has 0 aliphatic carbocycles. The molecule has 0 spiro atoms. The fraction of sp³-hybridized carbons (Fsp3) is 0.583. The summed E-state index contributed by atoms with van der Waals surface area (Å²) in [5.74, 6) is 0.638. The molecule has 18 heavy (non-hydrogen) atoms. The van der Waals surface area contributed by atoms with Crippen molar-refractivity contribution in [2.75, 3.05) is 19.3 Å². The lowest BCUT2D eigenvalue weighted by molar-refractivity contribution is 0.0745. The van der Waals surface area contributed by atoms with E-state index in [1.165, 1.54) is 11.3 Å². The molecule has 2 atom stereocenters. The molecule has 6 heteroatoms. The Kier molecular flexibility index (Phi) is 5.98. The van der Waals surface area contributed by atoms with Crippen LogP contribution in [0, 0.1) is 5.92 Å². The topological polar surface area (TPSA) is 46.3 Å². The number of carbonyl (C=O) groups is 1. The molecule has 3 nitrogen and oxygen atoms in total. The lowest BCUT2D eigenvalue weighted by atomic mass is 10.1. The predicted molar refractivity (Wildman–Crippen MR) is 81.0 cm³/mol. The van der Waals surface area contributed by atoms with Gasteiger partial charge in [0.25, 0.3) is 5.91 Å². The molecule has 1 aliphatic heterocycles. The van der Waals surface area contributed by atoms with E-state index in [0.29, 0.717) is 18.5 Å². The maximum absolute atomic E-state index is 12.4. The highest BCUT2D eigenvalue weighted by Gasteiger charge is 2.33. The van der Waals surface area contributed by atoms with Crippen LogP contribution in [0.1, 0.15) is 23.0 Å². The van der Waals surface area contributed by atoms with Crippen LogP contribution in [0.4, 0.5) is 0 Å². The highest BCUT2D eigenvalue weighted by molar-refractivity contribution is 7.98. The Labute approximate surface area is 123 Å². The van der Waals surface area contributed by atoms with Gasteiger partial charge in [0.05, 0.1) is 0 Å². The molecular formula is C12H19ClN2OS2. The molecule has 1 aliphatic rings. The van der Waals surface area contributed by atoms with E-state index >= 15 is 0 Å². The van der Waals surface area contributed by atoms with Gasteiger partial charge in [-0.25, -0.2) is 0 Å². The van der Waals surface area contributed by atoms with Gasteiger partial charge in [-0.1, -0.05) is 0 Å². The van der Waals surface area contributed by atoms with E-state index in [1.807, 2.05) is 22.6 Å². The lowest BCUT2D eigenvalue weighted by Crippen LogP contribution is -2.34.